The summed E-state index contributed by atoms with van der Waals surface area (Å²) in [5.74, 6) is 0.622. The first-order valence-electron chi connectivity index (χ1n) is 11.3. The van der Waals surface area contributed by atoms with E-state index in [0.29, 0.717) is 36.0 Å². The van der Waals surface area contributed by atoms with Gasteiger partial charge in [-0.1, -0.05) is 12.6 Å². The third kappa shape index (κ3) is 5.22. The van der Waals surface area contributed by atoms with Crippen LogP contribution in [0.5, 0.6) is 11.5 Å². The minimum atomic E-state index is -0.693. The van der Waals surface area contributed by atoms with Crippen molar-refractivity contribution in [2.24, 2.45) is 5.73 Å². The highest BCUT2D eigenvalue weighted by atomic mass is 16.5. The lowest BCUT2D eigenvalue weighted by Gasteiger charge is -2.32. The van der Waals surface area contributed by atoms with E-state index in [1.807, 2.05) is 10.9 Å². The number of para-hydroxylation sites is 1. The van der Waals surface area contributed by atoms with E-state index in [1.165, 1.54) is 26.5 Å². The summed E-state index contributed by atoms with van der Waals surface area (Å²) in [5.41, 5.74) is 6.78. The van der Waals surface area contributed by atoms with Crippen molar-refractivity contribution in [3.8, 4) is 11.5 Å². The molecule has 1 atom stereocenters. The van der Waals surface area contributed by atoms with Gasteiger partial charge in [0.2, 0.25) is 11.9 Å². The van der Waals surface area contributed by atoms with Crippen LogP contribution in [0.15, 0.2) is 49.4 Å². The molecule has 1 fully saturated rings. The van der Waals surface area contributed by atoms with Crippen LogP contribution in [-0.4, -0.2) is 63.8 Å². The summed E-state index contributed by atoms with van der Waals surface area (Å²) in [7, 11) is 3.05. The molecule has 0 bridgehead atoms. The van der Waals surface area contributed by atoms with Crippen molar-refractivity contribution in [2.45, 2.75) is 18.9 Å². The van der Waals surface area contributed by atoms with Crippen molar-refractivity contribution in [3.63, 3.8) is 0 Å². The Labute approximate surface area is 208 Å². The Kier molecular flexibility index (Phi) is 7.33. The first-order chi connectivity index (χ1) is 17.4. The Balaban J connectivity index is 1.56. The van der Waals surface area contributed by atoms with Crippen LogP contribution in [-0.2, 0) is 4.79 Å². The summed E-state index contributed by atoms with van der Waals surface area (Å²) in [5, 5.41) is 10.6. The average molecular weight is 493 g/mol. The SMILES string of the molecule is C=CC(=O)N1CCCC(n2cc(Nc3ncc(C(N)=O)c(Nc4c(OC)cccc4OC)n3)cn2)C1. The number of ether oxygens (including phenoxy) is 2. The maximum absolute atomic E-state index is 12.0. The molecule has 12 heteroatoms. The van der Waals surface area contributed by atoms with Crippen molar-refractivity contribution >= 4 is 35.0 Å². The summed E-state index contributed by atoms with van der Waals surface area (Å²) in [6.45, 7) is 4.84. The summed E-state index contributed by atoms with van der Waals surface area (Å²) >= 11 is 0. The van der Waals surface area contributed by atoms with E-state index in [0.717, 1.165) is 12.8 Å². The molecule has 1 saturated heterocycles. The van der Waals surface area contributed by atoms with Gasteiger partial charge in [-0.25, -0.2) is 4.98 Å². The fourth-order valence-electron chi connectivity index (χ4n) is 4.04. The maximum Gasteiger partial charge on any atom is 0.254 e. The normalized spacial score (nSPS) is 15.2. The van der Waals surface area contributed by atoms with Gasteiger partial charge in [0.15, 0.2) is 0 Å². The highest BCUT2D eigenvalue weighted by Crippen LogP contribution is 2.37. The number of rotatable bonds is 9. The molecule has 188 valence electrons. The van der Waals surface area contributed by atoms with Crippen LogP contribution < -0.4 is 25.8 Å². The highest BCUT2D eigenvalue weighted by molar-refractivity contribution is 5.98. The van der Waals surface area contributed by atoms with Gasteiger partial charge >= 0.3 is 0 Å². The molecule has 0 saturated carbocycles. The van der Waals surface area contributed by atoms with E-state index in [4.69, 9.17) is 15.2 Å². The number of methoxy groups -OCH3 is 2. The largest absolute Gasteiger partial charge is 0.494 e. The molecule has 3 heterocycles. The molecule has 1 aliphatic rings. The summed E-state index contributed by atoms with van der Waals surface area (Å²) in [6.07, 6.45) is 7.93. The van der Waals surface area contributed by atoms with Crippen LogP contribution >= 0.6 is 0 Å². The molecule has 1 aromatic carbocycles. The molecule has 12 nitrogen and oxygen atoms in total. The minimum Gasteiger partial charge on any atom is -0.494 e. The number of nitrogens with one attached hydrogen (secondary N) is 2. The van der Waals surface area contributed by atoms with Crippen LogP contribution in [0.2, 0.25) is 0 Å². The molecule has 2 amide bonds. The molecule has 1 unspecified atom stereocenters. The Bertz CT molecular complexity index is 1250. The van der Waals surface area contributed by atoms with E-state index in [-0.39, 0.29) is 29.3 Å². The Morgan fingerprint density at radius 1 is 1.19 bits per heavy atom. The first-order valence-corrected chi connectivity index (χ1v) is 11.3. The third-order valence-corrected chi connectivity index (χ3v) is 5.84. The third-order valence-electron chi connectivity index (χ3n) is 5.84. The van der Waals surface area contributed by atoms with Gasteiger partial charge in [0, 0.05) is 25.5 Å². The number of benzene rings is 1. The number of primary amides is 1. The van der Waals surface area contributed by atoms with Gasteiger partial charge in [-0.2, -0.15) is 10.1 Å². The number of piperidine rings is 1. The van der Waals surface area contributed by atoms with Crippen molar-refractivity contribution in [2.75, 3.05) is 37.9 Å². The van der Waals surface area contributed by atoms with Crippen LogP contribution in [0.1, 0.15) is 29.2 Å². The first kappa shape index (κ1) is 24.5. The number of carbonyl (C=O) groups excluding carboxylic acids is 2. The van der Waals surface area contributed by atoms with Crippen LogP contribution in [0.3, 0.4) is 0 Å². The molecule has 3 aromatic rings. The second kappa shape index (κ2) is 10.8. The number of carbonyl (C=O) groups is 2. The summed E-state index contributed by atoms with van der Waals surface area (Å²) in [6, 6.07) is 5.32. The number of amides is 2. The number of hydrogen-bond donors (Lipinski definition) is 3. The molecule has 0 aliphatic carbocycles. The Morgan fingerprint density at radius 3 is 2.61 bits per heavy atom. The number of hydrogen-bond acceptors (Lipinski definition) is 9. The zero-order valence-corrected chi connectivity index (χ0v) is 20.1. The second-order valence-electron chi connectivity index (χ2n) is 8.10. The smallest absolute Gasteiger partial charge is 0.254 e. The van der Waals surface area contributed by atoms with Gasteiger partial charge in [0.05, 0.1) is 32.1 Å². The molecular formula is C24H28N8O4. The second-order valence-corrected chi connectivity index (χ2v) is 8.10. The van der Waals surface area contributed by atoms with E-state index in [9.17, 15) is 9.59 Å². The molecule has 2 aromatic heterocycles. The maximum atomic E-state index is 12.0. The molecule has 0 radical (unpaired) electrons. The van der Waals surface area contributed by atoms with E-state index in [1.54, 1.807) is 29.3 Å². The van der Waals surface area contributed by atoms with Gasteiger partial charge in [0.1, 0.15) is 28.6 Å². The lowest BCUT2D eigenvalue weighted by molar-refractivity contribution is -0.127. The molecule has 0 spiro atoms. The fraction of sp³-hybridized carbons (Fsp3) is 0.292. The highest BCUT2D eigenvalue weighted by Gasteiger charge is 2.24. The van der Waals surface area contributed by atoms with Gasteiger partial charge < -0.3 is 30.7 Å². The number of aromatic nitrogens is 4. The van der Waals surface area contributed by atoms with Crippen molar-refractivity contribution in [3.05, 3.63) is 55.0 Å². The fourth-order valence-corrected chi connectivity index (χ4v) is 4.04. The number of nitrogens with zero attached hydrogens (tertiary/aromatic N) is 5. The van der Waals surface area contributed by atoms with Crippen LogP contribution in [0.25, 0.3) is 0 Å². The molecular weight excluding hydrogens is 464 g/mol. The van der Waals surface area contributed by atoms with Crippen molar-refractivity contribution in [1.29, 1.82) is 0 Å². The van der Waals surface area contributed by atoms with Gasteiger partial charge in [-0.15, -0.1) is 0 Å². The van der Waals surface area contributed by atoms with E-state index in [2.05, 4.69) is 32.3 Å². The predicted octanol–water partition coefficient (Wildman–Crippen LogP) is 2.63. The topological polar surface area (TPSA) is 150 Å². The molecule has 36 heavy (non-hydrogen) atoms. The zero-order chi connectivity index (χ0) is 25.7. The average Bonchev–Trinajstić information content (AvgIpc) is 3.36. The van der Waals surface area contributed by atoms with Gasteiger partial charge in [-0.3, -0.25) is 14.3 Å². The van der Waals surface area contributed by atoms with E-state index >= 15 is 0 Å². The van der Waals surface area contributed by atoms with Gasteiger partial charge in [-0.05, 0) is 31.1 Å². The molecule has 1 aliphatic heterocycles. The lowest BCUT2D eigenvalue weighted by Crippen LogP contribution is -2.39. The van der Waals surface area contributed by atoms with Gasteiger partial charge in [0.25, 0.3) is 5.91 Å². The standard InChI is InChI=1S/C24H28N8O4/c1-4-20(33)31-10-6-7-16(14-31)32-13-15(11-27-32)28-24-26-12-17(22(25)34)23(30-24)29-21-18(35-2)8-5-9-19(21)36-3/h4-5,8-9,11-13,16H,1,6-7,10,14H2,2-3H3,(H2,25,34)(H2,26,28,29,30). The quantitative estimate of drug-likeness (QED) is 0.383. The summed E-state index contributed by atoms with van der Waals surface area (Å²) < 4.78 is 12.7. The van der Waals surface area contributed by atoms with Crippen molar-refractivity contribution in [1.82, 2.24) is 24.6 Å². The Morgan fingerprint density at radius 2 is 1.94 bits per heavy atom. The minimum absolute atomic E-state index is 0.0478. The lowest BCUT2D eigenvalue weighted by atomic mass is 10.1. The summed E-state index contributed by atoms with van der Waals surface area (Å²) in [4.78, 5) is 34.5. The zero-order valence-electron chi connectivity index (χ0n) is 20.1. The van der Waals surface area contributed by atoms with Crippen LogP contribution in [0, 0.1) is 0 Å². The number of anilines is 4. The number of likely N-dealkylation sites (tertiary alicyclic amines) is 1. The van der Waals surface area contributed by atoms with Crippen molar-refractivity contribution < 1.29 is 19.1 Å². The van der Waals surface area contributed by atoms with E-state index < -0.39 is 5.91 Å². The molecule has 4 N–H and O–H groups in total. The number of nitrogens with two attached hydrogens (primary N) is 1. The van der Waals surface area contributed by atoms with Crippen LogP contribution in [0.4, 0.5) is 23.1 Å². The predicted molar refractivity (Wildman–Crippen MR) is 134 cm³/mol. The molecule has 4 rings (SSSR count). The monoisotopic (exact) mass is 492 g/mol. The Hall–Kier alpha value is -4.61.